The first-order valence-corrected chi connectivity index (χ1v) is 6.53. The Hall–Kier alpha value is -1.55. The summed E-state index contributed by atoms with van der Waals surface area (Å²) in [4.78, 5) is 11.7. The fourth-order valence-electron chi connectivity index (χ4n) is 1.92. The predicted molar refractivity (Wildman–Crippen MR) is 73.3 cm³/mol. The fourth-order valence-corrected chi connectivity index (χ4v) is 1.92. The maximum Gasteiger partial charge on any atom is 0.257 e. The van der Waals surface area contributed by atoms with Crippen molar-refractivity contribution in [2.75, 3.05) is 26.4 Å². The zero-order chi connectivity index (χ0) is 13.9. The molecule has 0 atom stereocenters. The standard InChI is InChI=1S/C15H21NO3/c1-11-4-5-12(2)13(6-11)19-7-14(17)16-8-15(3)9-18-10-15/h4-6H,7-10H2,1-3H3,(H,16,17). The minimum absolute atomic E-state index is 0.0568. The molecule has 1 heterocycles. The second-order valence-corrected chi connectivity index (χ2v) is 5.64. The molecular formula is C15H21NO3. The molecule has 0 aliphatic carbocycles. The molecule has 0 aromatic heterocycles. The molecule has 1 fully saturated rings. The lowest BCUT2D eigenvalue weighted by molar-refractivity contribution is -0.128. The summed E-state index contributed by atoms with van der Waals surface area (Å²) in [6, 6.07) is 5.97. The van der Waals surface area contributed by atoms with E-state index in [1.807, 2.05) is 32.0 Å². The van der Waals surface area contributed by atoms with Crippen molar-refractivity contribution in [3.63, 3.8) is 0 Å². The lowest BCUT2D eigenvalue weighted by atomic mass is 9.89. The van der Waals surface area contributed by atoms with Crippen molar-refractivity contribution >= 4 is 5.91 Å². The van der Waals surface area contributed by atoms with Crippen molar-refractivity contribution in [1.29, 1.82) is 0 Å². The quantitative estimate of drug-likeness (QED) is 0.881. The summed E-state index contributed by atoms with van der Waals surface area (Å²) in [5.74, 6) is 0.683. The molecule has 1 aromatic carbocycles. The van der Waals surface area contributed by atoms with E-state index in [0.717, 1.165) is 16.9 Å². The largest absolute Gasteiger partial charge is 0.483 e. The Morgan fingerprint density at radius 3 is 2.79 bits per heavy atom. The molecule has 2 rings (SSSR count). The Morgan fingerprint density at radius 2 is 2.16 bits per heavy atom. The van der Waals surface area contributed by atoms with E-state index in [9.17, 15) is 4.79 Å². The number of rotatable bonds is 5. The molecule has 0 spiro atoms. The van der Waals surface area contributed by atoms with Gasteiger partial charge in [0.05, 0.1) is 13.2 Å². The first-order chi connectivity index (χ1) is 8.98. The van der Waals surface area contributed by atoms with Crippen LogP contribution in [0.25, 0.3) is 0 Å². The van der Waals surface area contributed by atoms with Gasteiger partial charge in [-0.25, -0.2) is 0 Å². The molecule has 104 valence electrons. The van der Waals surface area contributed by atoms with Crippen LogP contribution in [0.1, 0.15) is 18.1 Å². The van der Waals surface area contributed by atoms with E-state index in [4.69, 9.17) is 9.47 Å². The molecule has 0 saturated carbocycles. The second-order valence-electron chi connectivity index (χ2n) is 5.64. The van der Waals surface area contributed by atoms with Crippen LogP contribution >= 0.6 is 0 Å². The van der Waals surface area contributed by atoms with Crippen LogP contribution in [0.15, 0.2) is 18.2 Å². The molecular weight excluding hydrogens is 242 g/mol. The van der Waals surface area contributed by atoms with Crippen LogP contribution in [0.3, 0.4) is 0 Å². The zero-order valence-corrected chi connectivity index (χ0v) is 11.8. The molecule has 1 aliphatic heterocycles. The average Bonchev–Trinajstić information content (AvgIpc) is 2.35. The van der Waals surface area contributed by atoms with Gasteiger partial charge in [-0.05, 0) is 31.0 Å². The first-order valence-electron chi connectivity index (χ1n) is 6.53. The zero-order valence-electron chi connectivity index (χ0n) is 11.8. The smallest absolute Gasteiger partial charge is 0.257 e. The van der Waals surface area contributed by atoms with E-state index >= 15 is 0 Å². The summed E-state index contributed by atoms with van der Waals surface area (Å²) in [6.45, 7) is 8.20. The minimum Gasteiger partial charge on any atom is -0.483 e. The molecule has 1 amide bonds. The van der Waals surface area contributed by atoms with Gasteiger partial charge in [0, 0.05) is 12.0 Å². The Morgan fingerprint density at radius 1 is 1.42 bits per heavy atom. The average molecular weight is 263 g/mol. The van der Waals surface area contributed by atoms with Gasteiger partial charge in [-0.3, -0.25) is 4.79 Å². The Labute approximate surface area is 114 Å². The lowest BCUT2D eigenvalue weighted by Gasteiger charge is -2.37. The topological polar surface area (TPSA) is 47.6 Å². The monoisotopic (exact) mass is 263 g/mol. The van der Waals surface area contributed by atoms with E-state index in [-0.39, 0.29) is 17.9 Å². The van der Waals surface area contributed by atoms with Crippen LogP contribution in [0.4, 0.5) is 0 Å². The molecule has 4 heteroatoms. The van der Waals surface area contributed by atoms with Crippen molar-refractivity contribution in [3.05, 3.63) is 29.3 Å². The molecule has 1 saturated heterocycles. The number of carbonyl (C=O) groups is 1. The third kappa shape index (κ3) is 3.70. The number of benzene rings is 1. The van der Waals surface area contributed by atoms with Crippen molar-refractivity contribution in [2.45, 2.75) is 20.8 Å². The highest BCUT2D eigenvalue weighted by Gasteiger charge is 2.33. The van der Waals surface area contributed by atoms with Gasteiger partial charge in [-0.15, -0.1) is 0 Å². The summed E-state index contributed by atoms with van der Waals surface area (Å²) in [6.07, 6.45) is 0. The highest BCUT2D eigenvalue weighted by molar-refractivity contribution is 5.77. The van der Waals surface area contributed by atoms with Gasteiger partial charge in [0.15, 0.2) is 6.61 Å². The molecule has 0 bridgehead atoms. The number of hydrogen-bond acceptors (Lipinski definition) is 3. The summed E-state index contributed by atoms with van der Waals surface area (Å²) >= 11 is 0. The van der Waals surface area contributed by atoms with Crippen molar-refractivity contribution in [2.24, 2.45) is 5.41 Å². The maximum absolute atomic E-state index is 11.7. The van der Waals surface area contributed by atoms with Crippen molar-refractivity contribution < 1.29 is 14.3 Å². The third-order valence-electron chi connectivity index (χ3n) is 3.32. The van der Waals surface area contributed by atoms with E-state index in [2.05, 4.69) is 12.2 Å². The van der Waals surface area contributed by atoms with E-state index < -0.39 is 0 Å². The van der Waals surface area contributed by atoms with Gasteiger partial charge in [-0.2, -0.15) is 0 Å². The highest BCUT2D eigenvalue weighted by atomic mass is 16.5. The number of aryl methyl sites for hydroxylation is 2. The normalized spacial score (nSPS) is 16.6. The molecule has 1 N–H and O–H groups in total. The Balaban J connectivity index is 1.78. The van der Waals surface area contributed by atoms with E-state index in [0.29, 0.717) is 19.8 Å². The van der Waals surface area contributed by atoms with Gasteiger partial charge in [0.25, 0.3) is 5.91 Å². The summed E-state index contributed by atoms with van der Waals surface area (Å²) in [7, 11) is 0. The van der Waals surface area contributed by atoms with Gasteiger partial charge >= 0.3 is 0 Å². The maximum atomic E-state index is 11.7. The molecule has 1 aliphatic rings. The number of amides is 1. The van der Waals surface area contributed by atoms with Gasteiger partial charge in [0.1, 0.15) is 5.75 Å². The number of carbonyl (C=O) groups excluding carboxylic acids is 1. The molecule has 1 aromatic rings. The Bertz CT molecular complexity index is 466. The first kappa shape index (κ1) is 13.9. The van der Waals surface area contributed by atoms with Crippen molar-refractivity contribution in [1.82, 2.24) is 5.32 Å². The van der Waals surface area contributed by atoms with Gasteiger partial charge in [0.2, 0.25) is 0 Å². The Kier molecular flexibility index (Phi) is 4.10. The summed E-state index contributed by atoms with van der Waals surface area (Å²) < 4.78 is 10.7. The van der Waals surface area contributed by atoms with Crippen LogP contribution in [-0.4, -0.2) is 32.3 Å². The summed E-state index contributed by atoms with van der Waals surface area (Å²) in [5.41, 5.74) is 2.26. The van der Waals surface area contributed by atoms with Crippen LogP contribution in [0.5, 0.6) is 5.75 Å². The number of ether oxygens (including phenoxy) is 2. The van der Waals surface area contributed by atoms with Crippen LogP contribution in [0, 0.1) is 19.3 Å². The predicted octanol–water partition coefficient (Wildman–Crippen LogP) is 1.83. The van der Waals surface area contributed by atoms with E-state index in [1.54, 1.807) is 0 Å². The fraction of sp³-hybridized carbons (Fsp3) is 0.533. The molecule has 19 heavy (non-hydrogen) atoms. The molecule has 4 nitrogen and oxygen atoms in total. The highest BCUT2D eigenvalue weighted by Crippen LogP contribution is 2.25. The lowest BCUT2D eigenvalue weighted by Crippen LogP contribution is -2.49. The minimum atomic E-state index is -0.0889. The third-order valence-corrected chi connectivity index (χ3v) is 3.32. The molecule has 0 radical (unpaired) electrons. The van der Waals surface area contributed by atoms with Crippen LogP contribution < -0.4 is 10.1 Å². The van der Waals surface area contributed by atoms with Crippen LogP contribution in [-0.2, 0) is 9.53 Å². The van der Waals surface area contributed by atoms with Crippen molar-refractivity contribution in [3.8, 4) is 5.75 Å². The number of nitrogens with one attached hydrogen (secondary N) is 1. The van der Waals surface area contributed by atoms with Gasteiger partial charge < -0.3 is 14.8 Å². The van der Waals surface area contributed by atoms with Crippen LogP contribution in [0.2, 0.25) is 0 Å². The van der Waals surface area contributed by atoms with E-state index in [1.165, 1.54) is 0 Å². The molecule has 0 unspecified atom stereocenters. The SMILES string of the molecule is Cc1ccc(C)c(OCC(=O)NCC2(C)COC2)c1. The second kappa shape index (κ2) is 5.61. The summed E-state index contributed by atoms with van der Waals surface area (Å²) in [5, 5.41) is 2.89. The number of hydrogen-bond donors (Lipinski definition) is 1. The van der Waals surface area contributed by atoms with Gasteiger partial charge in [-0.1, -0.05) is 19.1 Å².